The quantitative estimate of drug-likeness (QED) is 0.432. The van der Waals surface area contributed by atoms with Gasteiger partial charge in [0.25, 0.3) is 10.1 Å². The Morgan fingerprint density at radius 1 is 1.14 bits per heavy atom. The van der Waals surface area contributed by atoms with Gasteiger partial charge in [-0.15, -0.1) is 0 Å². The molecule has 6 heteroatoms. The van der Waals surface area contributed by atoms with E-state index in [0.29, 0.717) is 12.6 Å². The van der Waals surface area contributed by atoms with Crippen molar-refractivity contribution in [2.24, 2.45) is 0 Å². The van der Waals surface area contributed by atoms with Crippen LogP contribution in [0, 0.1) is 0 Å². The van der Waals surface area contributed by atoms with E-state index < -0.39 is 17.3 Å². The monoisotopic (exact) mass is 344 g/mol. The van der Waals surface area contributed by atoms with Gasteiger partial charge in [-0.05, 0) is 19.3 Å². The van der Waals surface area contributed by atoms with Gasteiger partial charge in [-0.1, -0.05) is 49.6 Å². The molecule has 0 heterocycles. The van der Waals surface area contributed by atoms with Crippen molar-refractivity contribution in [3.63, 3.8) is 0 Å². The average molecular weight is 344 g/mol. The molecule has 0 bridgehead atoms. The minimum atomic E-state index is -3.42. The van der Waals surface area contributed by atoms with E-state index in [1.165, 1.54) is 6.42 Å². The predicted octanol–water partition coefficient (Wildman–Crippen LogP) is 3.37. The van der Waals surface area contributed by atoms with Gasteiger partial charge in [0, 0.05) is 17.1 Å². The molecule has 0 saturated heterocycles. The van der Waals surface area contributed by atoms with Crippen LogP contribution in [0.4, 0.5) is 0 Å². The van der Waals surface area contributed by atoms with Crippen LogP contribution in [0.5, 0.6) is 0 Å². The van der Waals surface area contributed by atoms with Gasteiger partial charge in [0.15, 0.2) is 0 Å². The maximum atomic E-state index is 13.7. The molecule has 1 atom stereocenters. The van der Waals surface area contributed by atoms with E-state index >= 15 is 0 Å². The SMILES string of the molecule is CS(=O)(=O)OCCCP(=O)(c1ccccc1)C1CCCCC1. The van der Waals surface area contributed by atoms with Gasteiger partial charge >= 0.3 is 0 Å². The lowest BCUT2D eigenvalue weighted by Gasteiger charge is -2.31. The molecule has 1 aliphatic carbocycles. The third-order valence-corrected chi connectivity index (χ3v) is 8.73. The Hall–Kier alpha value is -0.640. The largest absolute Gasteiger partial charge is 0.318 e. The smallest absolute Gasteiger partial charge is 0.264 e. The molecule has 2 rings (SSSR count). The third-order valence-electron chi connectivity index (χ3n) is 4.29. The first-order chi connectivity index (χ1) is 10.4. The first-order valence-electron chi connectivity index (χ1n) is 7.90. The van der Waals surface area contributed by atoms with Crippen LogP contribution in [0.2, 0.25) is 0 Å². The summed E-state index contributed by atoms with van der Waals surface area (Å²) >= 11 is 0. The summed E-state index contributed by atoms with van der Waals surface area (Å²) in [5.74, 6) is 0. The Morgan fingerprint density at radius 3 is 2.36 bits per heavy atom. The zero-order valence-electron chi connectivity index (χ0n) is 13.1. The molecule has 1 aromatic rings. The van der Waals surface area contributed by atoms with Gasteiger partial charge in [-0.3, -0.25) is 4.18 Å². The number of rotatable bonds is 7. The van der Waals surface area contributed by atoms with Crippen LogP contribution < -0.4 is 5.30 Å². The highest BCUT2D eigenvalue weighted by Gasteiger charge is 2.34. The number of hydrogen-bond acceptors (Lipinski definition) is 4. The van der Waals surface area contributed by atoms with Crippen LogP contribution in [0.1, 0.15) is 38.5 Å². The van der Waals surface area contributed by atoms with Crippen LogP contribution in [0.3, 0.4) is 0 Å². The highest BCUT2D eigenvalue weighted by Crippen LogP contribution is 2.54. The van der Waals surface area contributed by atoms with Gasteiger partial charge in [0.1, 0.15) is 7.14 Å². The molecule has 1 unspecified atom stereocenters. The lowest BCUT2D eigenvalue weighted by atomic mass is 10.0. The molecule has 1 aliphatic rings. The van der Waals surface area contributed by atoms with Crippen LogP contribution in [0.25, 0.3) is 0 Å². The first kappa shape index (κ1) is 17.7. The maximum absolute atomic E-state index is 13.7. The minimum Gasteiger partial charge on any atom is -0.318 e. The van der Waals surface area contributed by atoms with Gasteiger partial charge in [-0.25, -0.2) is 0 Å². The van der Waals surface area contributed by atoms with Crippen molar-refractivity contribution in [3.8, 4) is 0 Å². The lowest BCUT2D eigenvalue weighted by Crippen LogP contribution is -2.23. The van der Waals surface area contributed by atoms with Crippen LogP contribution >= 0.6 is 7.14 Å². The minimum absolute atomic E-state index is 0.113. The lowest BCUT2D eigenvalue weighted by molar-refractivity contribution is 0.321. The van der Waals surface area contributed by atoms with E-state index in [4.69, 9.17) is 4.18 Å². The Balaban J connectivity index is 2.10. The van der Waals surface area contributed by atoms with Crippen LogP contribution in [-0.4, -0.2) is 33.1 Å². The Morgan fingerprint density at radius 2 is 1.77 bits per heavy atom. The molecule has 0 aromatic heterocycles. The molecule has 1 aromatic carbocycles. The zero-order valence-corrected chi connectivity index (χ0v) is 14.8. The number of benzene rings is 1. The van der Waals surface area contributed by atoms with E-state index in [1.807, 2.05) is 30.3 Å². The Bertz CT molecular complexity index is 606. The summed E-state index contributed by atoms with van der Waals surface area (Å²) in [6.45, 7) is 0.113. The standard InChI is InChI=1S/C16H25O4PS/c1-22(18,19)20-13-8-14-21(17,15-9-4-2-5-10-15)16-11-6-3-7-12-16/h2,4-5,9-10,16H,3,6-8,11-14H2,1H3. The topological polar surface area (TPSA) is 60.4 Å². The molecule has 22 heavy (non-hydrogen) atoms. The summed E-state index contributed by atoms with van der Waals surface area (Å²) < 4.78 is 40.6. The normalized spacial score (nSPS) is 19.7. The summed E-state index contributed by atoms with van der Waals surface area (Å²) in [5.41, 5.74) is 0.238. The molecular formula is C16H25O4PS. The highest BCUT2D eigenvalue weighted by molar-refractivity contribution is 7.86. The summed E-state index contributed by atoms with van der Waals surface area (Å²) in [6.07, 6.45) is 7.61. The fraction of sp³-hybridized carbons (Fsp3) is 0.625. The predicted molar refractivity (Wildman–Crippen MR) is 90.8 cm³/mol. The summed E-state index contributed by atoms with van der Waals surface area (Å²) in [5, 5.41) is 0.932. The van der Waals surface area contributed by atoms with Gasteiger partial charge < -0.3 is 4.57 Å². The maximum Gasteiger partial charge on any atom is 0.264 e. The van der Waals surface area contributed by atoms with Gasteiger partial charge in [-0.2, -0.15) is 8.42 Å². The Labute approximate surface area is 133 Å². The number of hydrogen-bond donors (Lipinski definition) is 0. The molecule has 0 N–H and O–H groups in total. The zero-order chi connectivity index (χ0) is 16.1. The van der Waals surface area contributed by atoms with Crippen molar-refractivity contribution in [2.75, 3.05) is 19.0 Å². The Kier molecular flexibility index (Phi) is 6.25. The first-order valence-corrected chi connectivity index (χ1v) is 11.7. The molecule has 0 amide bonds. The van der Waals surface area contributed by atoms with Crippen molar-refractivity contribution in [2.45, 2.75) is 44.2 Å². The highest BCUT2D eigenvalue weighted by atomic mass is 32.2. The summed E-state index contributed by atoms with van der Waals surface area (Å²) in [6, 6.07) is 9.69. The van der Waals surface area contributed by atoms with Gasteiger partial charge in [0.2, 0.25) is 0 Å². The van der Waals surface area contributed by atoms with Crippen molar-refractivity contribution < 1.29 is 17.2 Å². The van der Waals surface area contributed by atoms with Crippen molar-refractivity contribution in [1.29, 1.82) is 0 Å². The third kappa shape index (κ3) is 4.94. The second-order valence-electron chi connectivity index (χ2n) is 6.03. The van der Waals surface area contributed by atoms with E-state index in [0.717, 1.165) is 37.2 Å². The fourth-order valence-corrected chi connectivity index (χ4v) is 7.15. The summed E-state index contributed by atoms with van der Waals surface area (Å²) in [7, 11) is -5.92. The van der Waals surface area contributed by atoms with Crippen molar-refractivity contribution >= 4 is 22.6 Å². The van der Waals surface area contributed by atoms with Crippen molar-refractivity contribution in [3.05, 3.63) is 30.3 Å². The average Bonchev–Trinajstić information content (AvgIpc) is 2.52. The van der Waals surface area contributed by atoms with Crippen LogP contribution in [-0.2, 0) is 18.9 Å². The molecule has 4 nitrogen and oxygen atoms in total. The molecule has 0 radical (unpaired) electrons. The van der Waals surface area contributed by atoms with E-state index in [-0.39, 0.29) is 12.3 Å². The molecule has 1 saturated carbocycles. The van der Waals surface area contributed by atoms with Crippen molar-refractivity contribution in [1.82, 2.24) is 0 Å². The van der Waals surface area contributed by atoms with E-state index in [9.17, 15) is 13.0 Å². The van der Waals surface area contributed by atoms with E-state index in [2.05, 4.69) is 0 Å². The molecule has 124 valence electrons. The molecular weight excluding hydrogens is 319 g/mol. The molecule has 0 spiro atoms. The van der Waals surface area contributed by atoms with Gasteiger partial charge in [0.05, 0.1) is 12.9 Å². The second-order valence-corrected chi connectivity index (χ2v) is 11.0. The molecule has 0 aliphatic heterocycles. The fourth-order valence-electron chi connectivity index (χ4n) is 3.21. The second kappa shape index (κ2) is 7.76. The summed E-state index contributed by atoms with van der Waals surface area (Å²) in [4.78, 5) is 0. The van der Waals surface area contributed by atoms with Crippen LogP contribution in [0.15, 0.2) is 30.3 Å². The molecule has 1 fully saturated rings. The van der Waals surface area contributed by atoms with E-state index in [1.54, 1.807) is 0 Å².